The van der Waals surface area contributed by atoms with Gasteiger partial charge in [0, 0.05) is 57.0 Å². The van der Waals surface area contributed by atoms with Gasteiger partial charge in [-0.15, -0.1) is 0 Å². The normalized spacial score (nSPS) is 17.3. The molecule has 0 radical (unpaired) electrons. The zero-order chi connectivity index (χ0) is 29.0. The summed E-state index contributed by atoms with van der Waals surface area (Å²) in [7, 11) is 3.20. The number of ether oxygens (including phenoxy) is 4. The monoisotopic (exact) mass is 580 g/mol. The van der Waals surface area contributed by atoms with Crippen LogP contribution in [0.5, 0.6) is 23.0 Å². The molecule has 41 heavy (non-hydrogen) atoms. The van der Waals surface area contributed by atoms with Crippen molar-refractivity contribution in [3.8, 4) is 23.0 Å². The molecule has 0 bridgehead atoms. The number of nitrogens with zero attached hydrogens (tertiary/aromatic N) is 1. The number of amides is 1. The van der Waals surface area contributed by atoms with E-state index in [1.807, 2.05) is 42.5 Å². The van der Waals surface area contributed by atoms with Crippen molar-refractivity contribution in [1.82, 2.24) is 10.2 Å². The zero-order valence-electron chi connectivity index (χ0n) is 23.7. The quantitative estimate of drug-likeness (QED) is 0.353. The van der Waals surface area contributed by atoms with E-state index in [4.69, 9.17) is 30.5 Å². The number of hydrogen-bond acceptors (Lipinski definition) is 7. The molecule has 2 heterocycles. The fourth-order valence-corrected chi connectivity index (χ4v) is 5.68. The van der Waals surface area contributed by atoms with Crippen LogP contribution in [-0.2, 0) is 13.0 Å². The van der Waals surface area contributed by atoms with Crippen LogP contribution in [0.25, 0.3) is 0 Å². The summed E-state index contributed by atoms with van der Waals surface area (Å²) in [4.78, 5) is 14.8. The van der Waals surface area contributed by atoms with Gasteiger partial charge in [0.05, 0.1) is 12.7 Å². The first kappa shape index (κ1) is 29.0. The Morgan fingerprint density at radius 3 is 2.51 bits per heavy atom. The first-order valence-electron chi connectivity index (χ1n) is 13.8. The lowest BCUT2D eigenvalue weighted by Crippen LogP contribution is -2.52. The molecule has 8 nitrogen and oxygen atoms in total. The highest BCUT2D eigenvalue weighted by Gasteiger charge is 2.43. The third-order valence-corrected chi connectivity index (χ3v) is 7.96. The molecule has 218 valence electrons. The molecular weight excluding hydrogens is 544 g/mol. The van der Waals surface area contributed by atoms with E-state index >= 15 is 0 Å². The molecule has 1 atom stereocenters. The number of aliphatic hydroxyl groups is 1. The van der Waals surface area contributed by atoms with Crippen LogP contribution in [0.4, 0.5) is 0 Å². The molecule has 3 aromatic carbocycles. The summed E-state index contributed by atoms with van der Waals surface area (Å²) < 4.78 is 23.6. The molecule has 9 heteroatoms. The van der Waals surface area contributed by atoms with Crippen molar-refractivity contribution in [2.45, 2.75) is 44.0 Å². The van der Waals surface area contributed by atoms with E-state index in [9.17, 15) is 9.90 Å². The van der Waals surface area contributed by atoms with Gasteiger partial charge in [-0.05, 0) is 60.5 Å². The Hall–Kier alpha value is -3.46. The Kier molecular flexibility index (Phi) is 8.63. The maximum absolute atomic E-state index is 12.5. The number of rotatable bonds is 10. The van der Waals surface area contributed by atoms with E-state index in [0.29, 0.717) is 30.2 Å². The molecule has 1 spiro atoms. The minimum Gasteiger partial charge on any atom is -0.497 e. The number of nitrogens with one attached hydrogen (secondary N) is 1. The number of likely N-dealkylation sites (tertiary alicyclic amines) is 1. The van der Waals surface area contributed by atoms with Gasteiger partial charge in [-0.3, -0.25) is 4.79 Å². The second-order valence-electron chi connectivity index (χ2n) is 11.1. The molecule has 0 aliphatic carbocycles. The Morgan fingerprint density at radius 1 is 1.07 bits per heavy atom. The summed E-state index contributed by atoms with van der Waals surface area (Å²) in [6, 6.07) is 18.5. The van der Waals surface area contributed by atoms with Crippen LogP contribution in [0.3, 0.4) is 0 Å². The molecule has 3 aromatic rings. The van der Waals surface area contributed by atoms with E-state index in [0.717, 1.165) is 60.0 Å². The average molecular weight is 581 g/mol. The standard InChI is InChI=1S/C32H37ClN2O6/c1-31(37,20-35-14-12-32(13-15-35)18-23-16-24(33)6-11-28(23)41-32)21-40-29-17-26(9-10-27(29)30(36)34-2)39-19-22-4-7-25(38-3)8-5-22/h4-11,16-17,37H,12-15,18-21H2,1-3H3,(H,34,36)/t31-/m0/s1. The van der Waals surface area contributed by atoms with Gasteiger partial charge < -0.3 is 34.3 Å². The Morgan fingerprint density at radius 2 is 1.80 bits per heavy atom. The van der Waals surface area contributed by atoms with E-state index in [1.165, 1.54) is 0 Å². The Labute approximate surface area is 246 Å². The van der Waals surface area contributed by atoms with Gasteiger partial charge in [0.25, 0.3) is 5.91 Å². The molecule has 0 aromatic heterocycles. The number of halogens is 1. The minimum atomic E-state index is -1.14. The second-order valence-corrected chi connectivity index (χ2v) is 11.6. The van der Waals surface area contributed by atoms with Gasteiger partial charge in [0.15, 0.2) is 0 Å². The third kappa shape index (κ3) is 7.07. The minimum absolute atomic E-state index is 0.0149. The van der Waals surface area contributed by atoms with Crippen molar-refractivity contribution in [2.75, 3.05) is 40.4 Å². The topological polar surface area (TPSA) is 89.5 Å². The van der Waals surface area contributed by atoms with Crippen LogP contribution in [0.1, 0.15) is 41.3 Å². The van der Waals surface area contributed by atoms with Crippen molar-refractivity contribution < 1.29 is 28.8 Å². The zero-order valence-corrected chi connectivity index (χ0v) is 24.5. The molecule has 2 N–H and O–H groups in total. The van der Waals surface area contributed by atoms with Gasteiger partial charge >= 0.3 is 0 Å². The maximum atomic E-state index is 12.5. The van der Waals surface area contributed by atoms with E-state index in [-0.39, 0.29) is 18.1 Å². The lowest BCUT2D eigenvalue weighted by atomic mass is 9.86. The van der Waals surface area contributed by atoms with Gasteiger partial charge in [-0.25, -0.2) is 0 Å². The number of piperidine rings is 1. The van der Waals surface area contributed by atoms with Crippen LogP contribution < -0.4 is 24.3 Å². The highest BCUT2D eigenvalue weighted by molar-refractivity contribution is 6.30. The molecule has 1 fully saturated rings. The molecule has 2 aliphatic rings. The van der Waals surface area contributed by atoms with Gasteiger partial charge in [-0.1, -0.05) is 23.7 Å². The summed E-state index contributed by atoms with van der Waals surface area (Å²) in [5, 5.41) is 14.6. The smallest absolute Gasteiger partial charge is 0.254 e. The number of carbonyl (C=O) groups excluding carboxylic acids is 1. The Balaban J connectivity index is 1.17. The third-order valence-electron chi connectivity index (χ3n) is 7.72. The first-order chi connectivity index (χ1) is 19.7. The van der Waals surface area contributed by atoms with E-state index < -0.39 is 5.60 Å². The summed E-state index contributed by atoms with van der Waals surface area (Å²) in [5.41, 5.74) is 1.16. The molecule has 1 amide bonds. The number of carbonyl (C=O) groups is 1. The predicted octanol–water partition coefficient (Wildman–Crippen LogP) is 4.89. The van der Waals surface area contributed by atoms with E-state index in [2.05, 4.69) is 10.2 Å². The SMILES string of the molecule is CNC(=O)c1ccc(OCc2ccc(OC)cc2)cc1OC[C@@](C)(O)CN1CCC2(CC1)Cc1cc(Cl)ccc1O2. The molecule has 0 saturated carbocycles. The molecule has 2 aliphatic heterocycles. The van der Waals surface area contributed by atoms with Crippen molar-refractivity contribution in [1.29, 1.82) is 0 Å². The number of methoxy groups -OCH3 is 1. The molecular formula is C32H37ClN2O6. The fraction of sp³-hybridized carbons (Fsp3) is 0.406. The fourth-order valence-electron chi connectivity index (χ4n) is 5.48. The number of β-amino-alcohol motifs (C(OH)–C–C–N with tert-alkyl or cyclic N) is 1. The van der Waals surface area contributed by atoms with Crippen molar-refractivity contribution in [3.63, 3.8) is 0 Å². The lowest BCUT2D eigenvalue weighted by Gasteiger charge is -2.41. The van der Waals surface area contributed by atoms with Gasteiger partial charge in [0.2, 0.25) is 0 Å². The first-order valence-corrected chi connectivity index (χ1v) is 14.2. The molecule has 5 rings (SSSR count). The number of fused-ring (bicyclic) bond motifs is 1. The van der Waals surface area contributed by atoms with Crippen LogP contribution in [0, 0.1) is 0 Å². The maximum Gasteiger partial charge on any atom is 0.254 e. The molecule has 1 saturated heterocycles. The van der Waals surface area contributed by atoms with Crippen LogP contribution >= 0.6 is 11.6 Å². The van der Waals surface area contributed by atoms with Crippen molar-refractivity contribution in [3.05, 3.63) is 82.4 Å². The van der Waals surface area contributed by atoms with Crippen molar-refractivity contribution >= 4 is 17.5 Å². The summed E-state index contributed by atoms with van der Waals surface area (Å²) in [6.45, 7) is 4.15. The summed E-state index contributed by atoms with van der Waals surface area (Å²) in [6.07, 6.45) is 2.59. The Bertz CT molecular complexity index is 1370. The molecule has 0 unspecified atom stereocenters. The number of benzene rings is 3. The van der Waals surface area contributed by atoms with Crippen molar-refractivity contribution in [2.24, 2.45) is 0 Å². The predicted molar refractivity (Wildman–Crippen MR) is 157 cm³/mol. The highest BCUT2D eigenvalue weighted by Crippen LogP contribution is 2.42. The summed E-state index contributed by atoms with van der Waals surface area (Å²) in [5.74, 6) is 2.33. The second kappa shape index (κ2) is 12.2. The lowest BCUT2D eigenvalue weighted by molar-refractivity contribution is -0.0431. The van der Waals surface area contributed by atoms with E-state index in [1.54, 1.807) is 39.3 Å². The van der Waals surface area contributed by atoms with Gasteiger partial charge in [-0.2, -0.15) is 0 Å². The largest absolute Gasteiger partial charge is 0.497 e. The van der Waals surface area contributed by atoms with Crippen LogP contribution in [-0.4, -0.2) is 67.5 Å². The number of hydrogen-bond donors (Lipinski definition) is 2. The average Bonchev–Trinajstić information content (AvgIpc) is 3.33. The van der Waals surface area contributed by atoms with Crippen LogP contribution in [0.15, 0.2) is 60.7 Å². The van der Waals surface area contributed by atoms with Crippen LogP contribution in [0.2, 0.25) is 5.02 Å². The summed E-state index contributed by atoms with van der Waals surface area (Å²) >= 11 is 6.18. The van der Waals surface area contributed by atoms with Gasteiger partial charge in [0.1, 0.15) is 47.4 Å². The highest BCUT2D eigenvalue weighted by atomic mass is 35.5.